The zero-order valence-electron chi connectivity index (χ0n) is 12.3. The Kier molecular flexibility index (Phi) is 4.57. The van der Waals surface area contributed by atoms with Gasteiger partial charge in [-0.15, -0.1) is 10.2 Å². The van der Waals surface area contributed by atoms with Crippen molar-refractivity contribution in [2.45, 2.75) is 20.0 Å². The lowest BCUT2D eigenvalue weighted by Gasteiger charge is -2.11. The fourth-order valence-corrected chi connectivity index (χ4v) is 1.91. The molecule has 0 amide bonds. The quantitative estimate of drug-likeness (QED) is 0.865. The molecule has 0 aliphatic carbocycles. The van der Waals surface area contributed by atoms with Crippen LogP contribution in [-0.2, 0) is 20.1 Å². The normalized spacial score (nSPS) is 10.6. The molecule has 1 N–H and O–H groups in total. The second-order valence-electron chi connectivity index (χ2n) is 4.50. The van der Waals surface area contributed by atoms with Crippen molar-refractivity contribution in [3.63, 3.8) is 0 Å². The molecule has 0 aliphatic heterocycles. The van der Waals surface area contributed by atoms with Crippen LogP contribution in [0.4, 0.5) is 0 Å². The van der Waals surface area contributed by atoms with E-state index in [4.69, 9.17) is 9.47 Å². The summed E-state index contributed by atoms with van der Waals surface area (Å²) < 4.78 is 12.5. The van der Waals surface area contributed by atoms with Crippen LogP contribution >= 0.6 is 0 Å². The minimum atomic E-state index is 0.659. The van der Waals surface area contributed by atoms with Crippen LogP contribution in [0.25, 0.3) is 0 Å². The van der Waals surface area contributed by atoms with Crippen molar-refractivity contribution in [1.82, 2.24) is 20.1 Å². The number of hydrogen-bond acceptors (Lipinski definition) is 5. The first-order chi connectivity index (χ1) is 9.65. The zero-order chi connectivity index (χ0) is 14.5. The largest absolute Gasteiger partial charge is 0.497 e. The maximum atomic E-state index is 5.37. The van der Waals surface area contributed by atoms with Gasteiger partial charge < -0.3 is 19.4 Å². The molecule has 2 aromatic rings. The summed E-state index contributed by atoms with van der Waals surface area (Å²) >= 11 is 0. The lowest BCUT2D eigenvalue weighted by molar-refractivity contribution is 0.389. The minimum absolute atomic E-state index is 0.659. The van der Waals surface area contributed by atoms with Gasteiger partial charge in [0, 0.05) is 25.2 Å². The summed E-state index contributed by atoms with van der Waals surface area (Å²) in [7, 11) is 5.26. The molecular weight excluding hydrogens is 256 g/mol. The molecule has 1 aromatic carbocycles. The second kappa shape index (κ2) is 6.38. The van der Waals surface area contributed by atoms with Crippen molar-refractivity contribution >= 4 is 0 Å². The fourth-order valence-electron chi connectivity index (χ4n) is 1.91. The van der Waals surface area contributed by atoms with Crippen LogP contribution in [0.5, 0.6) is 11.5 Å². The van der Waals surface area contributed by atoms with E-state index in [9.17, 15) is 0 Å². The number of aryl methyl sites for hydroxylation is 1. The van der Waals surface area contributed by atoms with Gasteiger partial charge in [-0.1, -0.05) is 6.07 Å². The molecule has 0 unspecified atom stereocenters. The monoisotopic (exact) mass is 276 g/mol. The Labute approximate surface area is 118 Å². The van der Waals surface area contributed by atoms with Gasteiger partial charge in [0.1, 0.15) is 23.1 Å². The minimum Gasteiger partial charge on any atom is -0.497 e. The molecule has 0 saturated heterocycles. The Balaban J connectivity index is 1.99. The first-order valence-electron chi connectivity index (χ1n) is 6.42. The highest BCUT2D eigenvalue weighted by atomic mass is 16.5. The summed E-state index contributed by atoms with van der Waals surface area (Å²) in [5, 5.41) is 11.5. The Morgan fingerprint density at radius 3 is 2.55 bits per heavy atom. The summed E-state index contributed by atoms with van der Waals surface area (Å²) in [4.78, 5) is 0. The van der Waals surface area contributed by atoms with Crippen molar-refractivity contribution < 1.29 is 9.47 Å². The SMILES string of the molecule is COc1ccc(CNCc2nnc(C)n2C)c(OC)c1. The number of ether oxygens (including phenoxy) is 2. The summed E-state index contributed by atoms with van der Waals surface area (Å²) in [6, 6.07) is 5.79. The number of hydrogen-bond donors (Lipinski definition) is 1. The summed E-state index contributed by atoms with van der Waals surface area (Å²) in [6.07, 6.45) is 0. The van der Waals surface area contributed by atoms with Crippen molar-refractivity contribution in [3.05, 3.63) is 35.4 Å². The Morgan fingerprint density at radius 1 is 1.15 bits per heavy atom. The highest BCUT2D eigenvalue weighted by Crippen LogP contribution is 2.24. The second-order valence-corrected chi connectivity index (χ2v) is 4.50. The predicted molar refractivity (Wildman–Crippen MR) is 75.8 cm³/mol. The summed E-state index contributed by atoms with van der Waals surface area (Å²) in [6.45, 7) is 3.29. The number of benzene rings is 1. The van der Waals surface area contributed by atoms with Crippen LogP contribution in [-0.4, -0.2) is 29.0 Å². The number of nitrogens with zero attached hydrogens (tertiary/aromatic N) is 3. The van der Waals surface area contributed by atoms with Gasteiger partial charge in [-0.25, -0.2) is 0 Å². The molecule has 0 atom stereocenters. The van der Waals surface area contributed by atoms with E-state index in [1.807, 2.05) is 36.7 Å². The van der Waals surface area contributed by atoms with Crippen LogP contribution in [0.3, 0.4) is 0 Å². The number of rotatable bonds is 6. The Morgan fingerprint density at radius 2 is 1.95 bits per heavy atom. The molecule has 6 heteroatoms. The van der Waals surface area contributed by atoms with Crippen LogP contribution in [0.1, 0.15) is 17.2 Å². The van der Waals surface area contributed by atoms with E-state index in [0.717, 1.165) is 28.7 Å². The smallest absolute Gasteiger partial charge is 0.146 e. The van der Waals surface area contributed by atoms with Crippen LogP contribution in [0.15, 0.2) is 18.2 Å². The molecule has 1 aromatic heterocycles. The third-order valence-electron chi connectivity index (χ3n) is 3.28. The maximum absolute atomic E-state index is 5.37. The number of aromatic nitrogens is 3. The predicted octanol–water partition coefficient (Wildman–Crippen LogP) is 1.43. The molecule has 0 bridgehead atoms. The Bertz CT molecular complexity index is 581. The molecule has 0 saturated carbocycles. The van der Waals surface area contributed by atoms with E-state index >= 15 is 0 Å². The molecule has 108 valence electrons. The van der Waals surface area contributed by atoms with Gasteiger partial charge in [-0.3, -0.25) is 0 Å². The average Bonchev–Trinajstić information content (AvgIpc) is 2.79. The van der Waals surface area contributed by atoms with Crippen molar-refractivity contribution in [1.29, 1.82) is 0 Å². The topological polar surface area (TPSA) is 61.2 Å². The van der Waals surface area contributed by atoms with Gasteiger partial charge in [0.15, 0.2) is 0 Å². The van der Waals surface area contributed by atoms with Gasteiger partial charge in [-0.2, -0.15) is 0 Å². The summed E-state index contributed by atoms with van der Waals surface area (Å²) in [5.41, 5.74) is 1.08. The highest BCUT2D eigenvalue weighted by molar-refractivity contribution is 5.40. The number of methoxy groups -OCH3 is 2. The third-order valence-corrected chi connectivity index (χ3v) is 3.28. The molecular formula is C14H20N4O2. The lowest BCUT2D eigenvalue weighted by Crippen LogP contribution is -2.16. The first-order valence-corrected chi connectivity index (χ1v) is 6.42. The average molecular weight is 276 g/mol. The van der Waals surface area contributed by atoms with E-state index < -0.39 is 0 Å². The number of nitrogens with one attached hydrogen (secondary N) is 1. The van der Waals surface area contributed by atoms with Crippen molar-refractivity contribution in [3.8, 4) is 11.5 Å². The Hall–Kier alpha value is -2.08. The van der Waals surface area contributed by atoms with Crippen molar-refractivity contribution in [2.24, 2.45) is 7.05 Å². The van der Waals surface area contributed by atoms with Gasteiger partial charge in [0.05, 0.1) is 20.8 Å². The van der Waals surface area contributed by atoms with E-state index in [1.165, 1.54) is 0 Å². The molecule has 0 radical (unpaired) electrons. The molecule has 20 heavy (non-hydrogen) atoms. The third kappa shape index (κ3) is 3.08. The van der Waals surface area contributed by atoms with Gasteiger partial charge in [0.25, 0.3) is 0 Å². The van der Waals surface area contributed by atoms with Gasteiger partial charge >= 0.3 is 0 Å². The van der Waals surface area contributed by atoms with Crippen molar-refractivity contribution in [2.75, 3.05) is 14.2 Å². The molecule has 0 fully saturated rings. The highest BCUT2D eigenvalue weighted by Gasteiger charge is 2.07. The van der Waals surface area contributed by atoms with E-state index in [0.29, 0.717) is 13.1 Å². The van der Waals surface area contributed by atoms with E-state index in [-0.39, 0.29) is 0 Å². The fraction of sp³-hybridized carbons (Fsp3) is 0.429. The van der Waals surface area contributed by atoms with E-state index in [2.05, 4.69) is 15.5 Å². The standard InChI is InChI=1S/C14H20N4O2/c1-10-16-17-14(18(10)2)9-15-8-11-5-6-12(19-3)7-13(11)20-4/h5-7,15H,8-9H2,1-4H3. The maximum Gasteiger partial charge on any atom is 0.146 e. The lowest BCUT2D eigenvalue weighted by atomic mass is 10.2. The molecule has 0 spiro atoms. The van der Waals surface area contributed by atoms with Crippen LogP contribution in [0, 0.1) is 6.92 Å². The van der Waals surface area contributed by atoms with E-state index in [1.54, 1.807) is 14.2 Å². The molecule has 0 aliphatic rings. The van der Waals surface area contributed by atoms with Gasteiger partial charge in [0.2, 0.25) is 0 Å². The van der Waals surface area contributed by atoms with Crippen LogP contribution < -0.4 is 14.8 Å². The summed E-state index contributed by atoms with van der Waals surface area (Å²) in [5.74, 6) is 3.42. The van der Waals surface area contributed by atoms with Gasteiger partial charge in [-0.05, 0) is 13.0 Å². The van der Waals surface area contributed by atoms with Crippen LogP contribution in [0.2, 0.25) is 0 Å². The molecule has 6 nitrogen and oxygen atoms in total. The first kappa shape index (κ1) is 14.3. The zero-order valence-corrected chi connectivity index (χ0v) is 12.3. The molecule has 1 heterocycles. The molecule has 2 rings (SSSR count).